The van der Waals surface area contributed by atoms with E-state index in [-0.39, 0.29) is 54.8 Å². The summed E-state index contributed by atoms with van der Waals surface area (Å²) in [5, 5.41) is 0. The van der Waals surface area contributed by atoms with Gasteiger partial charge in [-0.15, -0.1) is 0 Å². The van der Waals surface area contributed by atoms with Crippen LogP contribution in [-0.2, 0) is 24.8 Å². The highest BCUT2D eigenvalue weighted by Gasteiger charge is 2.30. The minimum Gasteiger partial charge on any atom is -0.340 e. The zero-order valence-corrected chi connectivity index (χ0v) is 20.0. The Morgan fingerprint density at radius 2 is 1.66 bits per heavy atom. The van der Waals surface area contributed by atoms with Gasteiger partial charge in [0.05, 0.1) is 4.90 Å². The summed E-state index contributed by atoms with van der Waals surface area (Å²) in [6, 6.07) is 6.67. The Kier molecular flexibility index (Phi) is 7.33. The third kappa shape index (κ3) is 5.34. The van der Waals surface area contributed by atoms with Crippen molar-refractivity contribution < 1.29 is 21.6 Å². The van der Waals surface area contributed by atoms with Gasteiger partial charge < -0.3 is 4.90 Å². The molecular formula is C21H28N4O5S2. The summed E-state index contributed by atoms with van der Waals surface area (Å²) in [5.74, 6) is -0.219. The van der Waals surface area contributed by atoms with Crippen molar-refractivity contribution in [2.45, 2.75) is 37.0 Å². The van der Waals surface area contributed by atoms with Gasteiger partial charge in [0, 0.05) is 51.5 Å². The molecule has 174 valence electrons. The molecule has 2 aromatic rings. The molecule has 0 bridgehead atoms. The highest BCUT2D eigenvalue weighted by Crippen LogP contribution is 2.21. The maximum Gasteiger partial charge on any atom is 0.244 e. The highest BCUT2D eigenvalue weighted by atomic mass is 32.2. The second kappa shape index (κ2) is 9.65. The molecule has 1 aliphatic rings. The lowest BCUT2D eigenvalue weighted by Crippen LogP contribution is -2.50. The van der Waals surface area contributed by atoms with Crippen molar-refractivity contribution in [3.8, 4) is 0 Å². The molecular weight excluding hydrogens is 452 g/mol. The highest BCUT2D eigenvalue weighted by molar-refractivity contribution is 7.89. The molecule has 9 nitrogen and oxygen atoms in total. The van der Waals surface area contributed by atoms with Crippen molar-refractivity contribution in [3.63, 3.8) is 0 Å². The molecule has 1 aromatic carbocycles. The number of sulfonamides is 2. The molecule has 2 heterocycles. The third-order valence-electron chi connectivity index (χ3n) is 5.37. The van der Waals surface area contributed by atoms with Gasteiger partial charge in [0.2, 0.25) is 26.0 Å². The number of rotatable bonds is 7. The van der Waals surface area contributed by atoms with E-state index < -0.39 is 20.0 Å². The number of aryl methyl sites for hydroxylation is 3. The Morgan fingerprint density at radius 1 is 1.03 bits per heavy atom. The van der Waals surface area contributed by atoms with Gasteiger partial charge in [-0.3, -0.25) is 9.78 Å². The molecule has 1 fully saturated rings. The fourth-order valence-corrected chi connectivity index (χ4v) is 6.81. The fourth-order valence-electron chi connectivity index (χ4n) is 3.94. The number of amides is 1. The number of nitrogens with one attached hydrogen (secondary N) is 1. The number of nitrogens with zero attached hydrogens (tertiary/aromatic N) is 3. The van der Waals surface area contributed by atoms with E-state index in [2.05, 4.69) is 9.71 Å². The molecule has 0 aliphatic carbocycles. The topological polar surface area (TPSA) is 117 Å². The predicted octanol–water partition coefficient (Wildman–Crippen LogP) is 1.21. The van der Waals surface area contributed by atoms with E-state index in [4.69, 9.17) is 0 Å². The maximum absolute atomic E-state index is 12.7. The molecule has 1 amide bonds. The normalized spacial score (nSPS) is 15.7. The van der Waals surface area contributed by atoms with Crippen molar-refractivity contribution in [3.05, 3.63) is 53.3 Å². The minimum absolute atomic E-state index is 0.00145. The van der Waals surface area contributed by atoms with Crippen molar-refractivity contribution in [1.29, 1.82) is 0 Å². The fraction of sp³-hybridized carbons (Fsp3) is 0.429. The molecule has 0 saturated carbocycles. The lowest BCUT2D eigenvalue weighted by Gasteiger charge is -2.34. The Morgan fingerprint density at radius 3 is 2.22 bits per heavy atom. The van der Waals surface area contributed by atoms with Crippen molar-refractivity contribution in [2.75, 3.05) is 32.7 Å². The van der Waals surface area contributed by atoms with E-state index in [1.54, 1.807) is 24.8 Å². The molecule has 1 saturated heterocycles. The van der Waals surface area contributed by atoms with Crippen LogP contribution in [0.25, 0.3) is 0 Å². The largest absolute Gasteiger partial charge is 0.340 e. The molecule has 0 radical (unpaired) electrons. The first-order chi connectivity index (χ1) is 15.0. The first-order valence-corrected chi connectivity index (χ1v) is 13.2. The van der Waals surface area contributed by atoms with Gasteiger partial charge in [-0.1, -0.05) is 17.7 Å². The minimum atomic E-state index is -3.74. The van der Waals surface area contributed by atoms with Crippen LogP contribution in [0.4, 0.5) is 0 Å². The number of hydrogen-bond donors (Lipinski definition) is 1. The van der Waals surface area contributed by atoms with Crippen LogP contribution < -0.4 is 4.72 Å². The first kappa shape index (κ1) is 24.3. The Balaban J connectivity index is 1.54. The predicted molar refractivity (Wildman–Crippen MR) is 120 cm³/mol. The molecule has 3 rings (SSSR count). The summed E-state index contributed by atoms with van der Waals surface area (Å²) >= 11 is 0. The summed E-state index contributed by atoms with van der Waals surface area (Å²) in [5.41, 5.74) is 2.30. The summed E-state index contributed by atoms with van der Waals surface area (Å²) in [7, 11) is -7.39. The summed E-state index contributed by atoms with van der Waals surface area (Å²) in [4.78, 5) is 18.3. The van der Waals surface area contributed by atoms with E-state index in [9.17, 15) is 21.6 Å². The zero-order chi connectivity index (χ0) is 23.5. The molecule has 0 atom stereocenters. The summed E-state index contributed by atoms with van der Waals surface area (Å²) in [6.07, 6.45) is 2.81. The van der Waals surface area contributed by atoms with Crippen LogP contribution >= 0.6 is 0 Å². The molecule has 11 heteroatoms. The number of hydrogen-bond acceptors (Lipinski definition) is 6. The molecule has 32 heavy (non-hydrogen) atoms. The Labute approximate surface area is 189 Å². The standard InChI is InChI=1S/C21H28N4O5S2/c1-16-13-17(2)21(18(3)14-16)31(27,28)23-8-6-20(26)24-9-11-25(12-10-24)32(29,30)19-5-4-7-22-15-19/h4-5,7,13-15,23H,6,8-12H2,1-3H3. The maximum atomic E-state index is 12.7. The van der Waals surface area contributed by atoms with Gasteiger partial charge in [0.25, 0.3) is 0 Å². The van der Waals surface area contributed by atoms with Gasteiger partial charge in [0.1, 0.15) is 4.90 Å². The van der Waals surface area contributed by atoms with Gasteiger partial charge in [-0.2, -0.15) is 4.31 Å². The monoisotopic (exact) mass is 480 g/mol. The quantitative estimate of drug-likeness (QED) is 0.637. The number of piperazine rings is 1. The Bertz CT molecular complexity index is 1170. The van der Waals surface area contributed by atoms with Crippen molar-refractivity contribution in [1.82, 2.24) is 18.9 Å². The van der Waals surface area contributed by atoms with Gasteiger partial charge >= 0.3 is 0 Å². The van der Waals surface area contributed by atoms with E-state index in [0.29, 0.717) is 11.1 Å². The first-order valence-electron chi connectivity index (χ1n) is 10.3. The average Bonchev–Trinajstić information content (AvgIpc) is 2.73. The van der Waals surface area contributed by atoms with Crippen LogP contribution in [0.2, 0.25) is 0 Å². The number of pyridine rings is 1. The smallest absolute Gasteiger partial charge is 0.244 e. The summed E-state index contributed by atoms with van der Waals surface area (Å²) < 4.78 is 54.6. The molecule has 1 aromatic heterocycles. The van der Waals surface area contributed by atoms with E-state index >= 15 is 0 Å². The van der Waals surface area contributed by atoms with Crippen LogP contribution in [0.5, 0.6) is 0 Å². The zero-order valence-electron chi connectivity index (χ0n) is 18.4. The van der Waals surface area contributed by atoms with Crippen LogP contribution in [-0.4, -0.2) is 69.7 Å². The van der Waals surface area contributed by atoms with Gasteiger partial charge in [-0.05, 0) is 44.0 Å². The van der Waals surface area contributed by atoms with E-state index in [1.165, 1.54) is 22.8 Å². The number of benzene rings is 1. The molecule has 0 spiro atoms. The lowest BCUT2D eigenvalue weighted by molar-refractivity contribution is -0.132. The lowest BCUT2D eigenvalue weighted by atomic mass is 10.1. The van der Waals surface area contributed by atoms with Crippen LogP contribution in [0, 0.1) is 20.8 Å². The number of carbonyl (C=O) groups excluding carboxylic acids is 1. The van der Waals surface area contributed by atoms with Crippen molar-refractivity contribution in [2.24, 2.45) is 0 Å². The van der Waals surface area contributed by atoms with E-state index in [0.717, 1.165) is 5.56 Å². The van der Waals surface area contributed by atoms with Crippen molar-refractivity contribution >= 4 is 26.0 Å². The second-order valence-electron chi connectivity index (χ2n) is 7.85. The van der Waals surface area contributed by atoms with Gasteiger partial charge in [-0.25, -0.2) is 21.6 Å². The molecule has 0 unspecified atom stereocenters. The third-order valence-corrected chi connectivity index (χ3v) is 9.02. The SMILES string of the molecule is Cc1cc(C)c(S(=O)(=O)NCCC(=O)N2CCN(S(=O)(=O)c3cccnc3)CC2)c(C)c1. The average molecular weight is 481 g/mol. The second-order valence-corrected chi connectivity index (χ2v) is 11.5. The van der Waals surface area contributed by atoms with Crippen LogP contribution in [0.15, 0.2) is 46.5 Å². The number of aromatic nitrogens is 1. The molecule has 1 N–H and O–H groups in total. The van der Waals surface area contributed by atoms with Crippen LogP contribution in [0.3, 0.4) is 0 Å². The van der Waals surface area contributed by atoms with Crippen LogP contribution in [0.1, 0.15) is 23.1 Å². The Hall–Kier alpha value is -2.34. The van der Waals surface area contributed by atoms with Gasteiger partial charge in [0.15, 0.2) is 0 Å². The summed E-state index contributed by atoms with van der Waals surface area (Å²) in [6.45, 7) is 6.24. The number of carbonyl (C=O) groups is 1. The van der Waals surface area contributed by atoms with E-state index in [1.807, 2.05) is 19.1 Å². The molecule has 1 aliphatic heterocycles.